The summed E-state index contributed by atoms with van der Waals surface area (Å²) in [6, 6.07) is 2.44. The van der Waals surface area contributed by atoms with Crippen LogP contribution in [0, 0.1) is 0 Å². The zero-order valence-electron chi connectivity index (χ0n) is 7.31. The molecule has 11 heavy (non-hydrogen) atoms. The van der Waals surface area contributed by atoms with Crippen molar-refractivity contribution in [3.05, 3.63) is 0 Å². The molecular formula is C8H18O2Si. The summed E-state index contributed by atoms with van der Waals surface area (Å²) < 4.78 is 5.80. The third-order valence-electron chi connectivity index (χ3n) is 2.41. The van der Waals surface area contributed by atoms with E-state index < -0.39 is 8.32 Å². The van der Waals surface area contributed by atoms with Crippen LogP contribution in [0.1, 0.15) is 19.3 Å². The Labute approximate surface area is 69.7 Å². The zero-order chi connectivity index (χ0) is 8.16. The van der Waals surface area contributed by atoms with Crippen LogP contribution in [0.25, 0.3) is 0 Å². The maximum absolute atomic E-state index is 8.68. The summed E-state index contributed by atoms with van der Waals surface area (Å²) in [5.41, 5.74) is 0. The van der Waals surface area contributed by atoms with Gasteiger partial charge in [-0.2, -0.15) is 0 Å². The van der Waals surface area contributed by atoms with Crippen LogP contribution in [0.3, 0.4) is 0 Å². The fraction of sp³-hybridized carbons (Fsp3) is 1.00. The highest BCUT2D eigenvalue weighted by Gasteiger charge is 2.30. The lowest BCUT2D eigenvalue weighted by atomic mass is 10.4. The van der Waals surface area contributed by atoms with Crippen molar-refractivity contribution >= 4 is 8.32 Å². The van der Waals surface area contributed by atoms with Gasteiger partial charge in [-0.25, -0.2) is 0 Å². The van der Waals surface area contributed by atoms with Gasteiger partial charge in [0.1, 0.15) is 0 Å². The Bertz CT molecular complexity index is 111. The predicted molar refractivity (Wildman–Crippen MR) is 48.1 cm³/mol. The van der Waals surface area contributed by atoms with Crippen LogP contribution in [-0.2, 0) is 4.43 Å². The minimum atomic E-state index is -1.32. The highest BCUT2D eigenvalue weighted by molar-refractivity contribution is 6.72. The summed E-state index contributed by atoms with van der Waals surface area (Å²) in [5.74, 6) is 0. The highest BCUT2D eigenvalue weighted by atomic mass is 28.4. The molecule has 1 rings (SSSR count). The maximum atomic E-state index is 8.68. The third kappa shape index (κ3) is 2.93. The quantitative estimate of drug-likeness (QED) is 0.661. The van der Waals surface area contributed by atoms with Gasteiger partial charge in [-0.15, -0.1) is 0 Å². The molecule has 1 saturated heterocycles. The molecule has 0 amide bonds. The van der Waals surface area contributed by atoms with Crippen LogP contribution >= 0.6 is 0 Å². The average molecular weight is 174 g/mol. The molecule has 0 spiro atoms. The molecule has 1 atom stereocenters. The van der Waals surface area contributed by atoms with E-state index in [0.717, 1.165) is 19.1 Å². The van der Waals surface area contributed by atoms with Gasteiger partial charge in [0, 0.05) is 13.2 Å². The SMILES string of the molecule is C[Si]1(CCCO)CCCCO1. The van der Waals surface area contributed by atoms with E-state index in [-0.39, 0.29) is 0 Å². The number of hydrogen-bond acceptors (Lipinski definition) is 2. The summed E-state index contributed by atoms with van der Waals surface area (Å²) in [5, 5.41) is 8.68. The molecule has 0 aliphatic carbocycles. The fourth-order valence-electron chi connectivity index (χ4n) is 1.64. The lowest BCUT2D eigenvalue weighted by Crippen LogP contribution is -2.37. The predicted octanol–water partition coefficient (Wildman–Crippen LogP) is 1.75. The van der Waals surface area contributed by atoms with Gasteiger partial charge in [0.15, 0.2) is 8.32 Å². The van der Waals surface area contributed by atoms with Gasteiger partial charge in [-0.3, -0.25) is 0 Å². The molecule has 0 aromatic rings. The van der Waals surface area contributed by atoms with Crippen LogP contribution < -0.4 is 0 Å². The van der Waals surface area contributed by atoms with E-state index in [1.807, 2.05) is 0 Å². The fourth-order valence-corrected chi connectivity index (χ4v) is 4.72. The van der Waals surface area contributed by atoms with Crippen molar-refractivity contribution in [1.82, 2.24) is 0 Å². The Morgan fingerprint density at radius 2 is 2.27 bits per heavy atom. The third-order valence-corrected chi connectivity index (χ3v) is 6.14. The summed E-state index contributed by atoms with van der Waals surface area (Å²) in [7, 11) is -1.32. The Hall–Kier alpha value is 0.137. The molecule has 3 heteroatoms. The first-order valence-corrected chi connectivity index (χ1v) is 7.34. The van der Waals surface area contributed by atoms with Crippen LogP contribution in [-0.4, -0.2) is 26.6 Å². The van der Waals surface area contributed by atoms with E-state index in [0.29, 0.717) is 6.61 Å². The highest BCUT2D eigenvalue weighted by Crippen LogP contribution is 2.26. The molecule has 2 nitrogen and oxygen atoms in total. The largest absolute Gasteiger partial charge is 0.417 e. The first-order valence-electron chi connectivity index (χ1n) is 4.52. The molecule has 1 unspecified atom stereocenters. The first-order chi connectivity index (χ1) is 5.27. The van der Waals surface area contributed by atoms with Gasteiger partial charge in [0.25, 0.3) is 0 Å². The number of rotatable bonds is 3. The van der Waals surface area contributed by atoms with Crippen LogP contribution in [0.2, 0.25) is 18.6 Å². The molecular weight excluding hydrogens is 156 g/mol. The smallest absolute Gasteiger partial charge is 0.189 e. The molecule has 66 valence electrons. The van der Waals surface area contributed by atoms with Crippen LogP contribution in [0.4, 0.5) is 0 Å². The molecule has 1 aliphatic rings. The zero-order valence-corrected chi connectivity index (χ0v) is 8.31. The Morgan fingerprint density at radius 3 is 2.82 bits per heavy atom. The molecule has 0 bridgehead atoms. The van der Waals surface area contributed by atoms with Crippen molar-refractivity contribution in [2.24, 2.45) is 0 Å². The lowest BCUT2D eigenvalue weighted by Gasteiger charge is -2.31. The Morgan fingerprint density at radius 1 is 1.45 bits per heavy atom. The van der Waals surface area contributed by atoms with E-state index in [4.69, 9.17) is 9.53 Å². The van der Waals surface area contributed by atoms with Gasteiger partial charge < -0.3 is 9.53 Å². The minimum Gasteiger partial charge on any atom is -0.417 e. The van der Waals surface area contributed by atoms with Gasteiger partial charge >= 0.3 is 0 Å². The summed E-state index contributed by atoms with van der Waals surface area (Å²) in [4.78, 5) is 0. The van der Waals surface area contributed by atoms with Crippen molar-refractivity contribution in [1.29, 1.82) is 0 Å². The van der Waals surface area contributed by atoms with E-state index >= 15 is 0 Å². The molecule has 0 aromatic heterocycles. The van der Waals surface area contributed by atoms with E-state index in [9.17, 15) is 0 Å². The van der Waals surface area contributed by atoms with E-state index in [1.54, 1.807) is 0 Å². The molecule has 1 heterocycles. The standard InChI is InChI=1S/C8H18O2Si/c1-11(8-4-5-9)7-3-2-6-10-11/h9H,2-8H2,1H3. The number of hydrogen-bond donors (Lipinski definition) is 1. The Kier molecular flexibility index (Phi) is 3.55. The normalized spacial score (nSPS) is 32.2. The number of aliphatic hydroxyl groups excluding tert-OH is 1. The summed E-state index contributed by atoms with van der Waals surface area (Å²) in [6.07, 6.45) is 3.51. The van der Waals surface area contributed by atoms with E-state index in [1.165, 1.54) is 18.9 Å². The molecule has 1 aliphatic heterocycles. The monoisotopic (exact) mass is 174 g/mol. The van der Waals surface area contributed by atoms with Gasteiger partial charge in [0.2, 0.25) is 0 Å². The van der Waals surface area contributed by atoms with Crippen molar-refractivity contribution in [3.8, 4) is 0 Å². The van der Waals surface area contributed by atoms with Crippen LogP contribution in [0.15, 0.2) is 0 Å². The second-order valence-electron chi connectivity index (χ2n) is 3.58. The minimum absolute atomic E-state index is 0.325. The molecule has 0 saturated carbocycles. The first kappa shape index (κ1) is 9.23. The van der Waals surface area contributed by atoms with Crippen molar-refractivity contribution in [2.75, 3.05) is 13.2 Å². The Balaban J connectivity index is 2.25. The van der Waals surface area contributed by atoms with Crippen molar-refractivity contribution in [2.45, 2.75) is 37.9 Å². The topological polar surface area (TPSA) is 29.5 Å². The second kappa shape index (κ2) is 4.23. The molecule has 0 radical (unpaired) electrons. The molecule has 1 fully saturated rings. The van der Waals surface area contributed by atoms with Gasteiger partial charge in [-0.05, 0) is 31.5 Å². The second-order valence-corrected chi connectivity index (χ2v) is 7.77. The molecule has 1 N–H and O–H groups in total. The average Bonchev–Trinajstić information content (AvgIpc) is 2.03. The van der Waals surface area contributed by atoms with Crippen molar-refractivity contribution < 1.29 is 9.53 Å². The number of aliphatic hydroxyl groups is 1. The van der Waals surface area contributed by atoms with Crippen molar-refractivity contribution in [3.63, 3.8) is 0 Å². The van der Waals surface area contributed by atoms with Gasteiger partial charge in [-0.1, -0.05) is 6.42 Å². The van der Waals surface area contributed by atoms with E-state index in [2.05, 4.69) is 6.55 Å². The summed E-state index contributed by atoms with van der Waals surface area (Å²) >= 11 is 0. The van der Waals surface area contributed by atoms with Crippen LogP contribution in [0.5, 0.6) is 0 Å². The molecule has 0 aromatic carbocycles. The van der Waals surface area contributed by atoms with Gasteiger partial charge in [0.05, 0.1) is 0 Å². The lowest BCUT2D eigenvalue weighted by molar-refractivity contribution is 0.258. The summed E-state index contributed by atoms with van der Waals surface area (Å²) in [6.45, 7) is 3.59. The maximum Gasteiger partial charge on any atom is 0.189 e.